The Morgan fingerprint density at radius 3 is 2.50 bits per heavy atom. The van der Waals surface area contributed by atoms with Crippen LogP contribution in [0, 0.1) is 5.92 Å². The van der Waals surface area contributed by atoms with Crippen LogP contribution in [0.15, 0.2) is 30.3 Å². The maximum absolute atomic E-state index is 11.2. The van der Waals surface area contributed by atoms with Gasteiger partial charge in [0, 0.05) is 24.7 Å². The normalized spacial score (nSPS) is 26.4. The summed E-state index contributed by atoms with van der Waals surface area (Å²) in [6.07, 6.45) is 1.86. The fraction of sp³-hybridized carbons (Fsp3) is 0.333. The van der Waals surface area contributed by atoms with Gasteiger partial charge in [-0.1, -0.05) is 30.3 Å². The molecule has 14 heavy (non-hydrogen) atoms. The largest absolute Gasteiger partial charge is 0.303 e. The van der Waals surface area contributed by atoms with Gasteiger partial charge in [0.1, 0.15) is 12.1 Å². The van der Waals surface area contributed by atoms with E-state index in [1.54, 1.807) is 0 Å². The summed E-state index contributed by atoms with van der Waals surface area (Å²) in [6.45, 7) is 0. The first-order valence-corrected chi connectivity index (χ1v) is 4.83. The molecule has 0 N–H and O–H groups in total. The van der Waals surface area contributed by atoms with Crippen LogP contribution in [0.2, 0.25) is 0 Å². The maximum atomic E-state index is 11.2. The number of hydrogen-bond donors (Lipinski definition) is 0. The van der Waals surface area contributed by atoms with Gasteiger partial charge in [-0.05, 0) is 5.56 Å². The maximum Gasteiger partial charge on any atom is 0.134 e. The van der Waals surface area contributed by atoms with Crippen LogP contribution in [0.4, 0.5) is 0 Å². The highest BCUT2D eigenvalue weighted by molar-refractivity contribution is 5.86. The molecule has 2 atom stereocenters. The molecular weight excluding hydrogens is 176 g/mol. The third-order valence-electron chi connectivity index (χ3n) is 2.83. The molecule has 0 spiro atoms. The summed E-state index contributed by atoms with van der Waals surface area (Å²) in [7, 11) is 0. The molecule has 1 fully saturated rings. The van der Waals surface area contributed by atoms with E-state index in [-0.39, 0.29) is 17.6 Å². The van der Waals surface area contributed by atoms with Crippen LogP contribution < -0.4 is 0 Å². The summed E-state index contributed by atoms with van der Waals surface area (Å²) < 4.78 is 0. The van der Waals surface area contributed by atoms with E-state index >= 15 is 0 Å². The first kappa shape index (κ1) is 9.13. The van der Waals surface area contributed by atoms with E-state index in [9.17, 15) is 9.59 Å². The van der Waals surface area contributed by atoms with Crippen molar-refractivity contribution in [1.29, 1.82) is 0 Å². The Balaban J connectivity index is 2.26. The average Bonchev–Trinajstić information content (AvgIpc) is 2.61. The van der Waals surface area contributed by atoms with Crippen LogP contribution in [0.3, 0.4) is 0 Å². The Morgan fingerprint density at radius 1 is 1.14 bits per heavy atom. The van der Waals surface area contributed by atoms with Gasteiger partial charge in [-0.3, -0.25) is 4.79 Å². The van der Waals surface area contributed by atoms with Crippen molar-refractivity contribution in [1.82, 2.24) is 0 Å². The Bertz CT molecular complexity index is 343. The summed E-state index contributed by atoms with van der Waals surface area (Å²) in [5, 5.41) is 0. The van der Waals surface area contributed by atoms with Gasteiger partial charge in [0.2, 0.25) is 0 Å². The van der Waals surface area contributed by atoms with E-state index < -0.39 is 0 Å². The lowest BCUT2D eigenvalue weighted by Crippen LogP contribution is -2.06. The minimum absolute atomic E-state index is 0.107. The zero-order chi connectivity index (χ0) is 9.97. The minimum Gasteiger partial charge on any atom is -0.303 e. The molecule has 0 aromatic heterocycles. The molecule has 0 radical (unpaired) electrons. The summed E-state index contributed by atoms with van der Waals surface area (Å²) in [5.74, 6) is 0.210. The second-order valence-electron chi connectivity index (χ2n) is 3.76. The van der Waals surface area contributed by atoms with Crippen molar-refractivity contribution in [2.75, 3.05) is 0 Å². The first-order valence-electron chi connectivity index (χ1n) is 4.83. The van der Waals surface area contributed by atoms with Crippen molar-refractivity contribution < 1.29 is 9.59 Å². The lowest BCUT2D eigenvalue weighted by atomic mass is 9.90. The SMILES string of the molecule is O=C[C@H]1CC(=O)C[C@@H]1c1ccccc1. The number of carbonyl (C=O) groups excluding carboxylic acids is 2. The van der Waals surface area contributed by atoms with Gasteiger partial charge < -0.3 is 4.79 Å². The number of ketones is 1. The van der Waals surface area contributed by atoms with Crippen molar-refractivity contribution in [3.63, 3.8) is 0 Å². The van der Waals surface area contributed by atoms with Crippen molar-refractivity contribution in [2.45, 2.75) is 18.8 Å². The molecule has 1 aromatic carbocycles. The predicted octanol–water partition coefficient (Wildman–Crippen LogP) is 1.95. The molecule has 0 saturated heterocycles. The van der Waals surface area contributed by atoms with E-state index in [2.05, 4.69) is 0 Å². The lowest BCUT2D eigenvalue weighted by molar-refractivity contribution is -0.119. The van der Waals surface area contributed by atoms with E-state index in [0.717, 1.165) is 11.8 Å². The Kier molecular flexibility index (Phi) is 2.44. The molecule has 0 aliphatic heterocycles. The molecule has 2 rings (SSSR count). The van der Waals surface area contributed by atoms with E-state index in [4.69, 9.17) is 0 Å². The number of benzene rings is 1. The van der Waals surface area contributed by atoms with Gasteiger partial charge in [-0.2, -0.15) is 0 Å². The molecule has 1 saturated carbocycles. The number of Topliss-reactive ketones (excluding diaryl/α,β-unsaturated/α-hetero) is 1. The van der Waals surface area contributed by atoms with E-state index in [1.807, 2.05) is 30.3 Å². The average molecular weight is 188 g/mol. The van der Waals surface area contributed by atoms with Crippen LogP contribution in [-0.4, -0.2) is 12.1 Å². The van der Waals surface area contributed by atoms with Gasteiger partial charge in [0.15, 0.2) is 0 Å². The molecule has 1 aliphatic rings. The van der Waals surface area contributed by atoms with Gasteiger partial charge in [-0.15, -0.1) is 0 Å². The van der Waals surface area contributed by atoms with Crippen molar-refractivity contribution in [3.05, 3.63) is 35.9 Å². The smallest absolute Gasteiger partial charge is 0.134 e. The van der Waals surface area contributed by atoms with E-state index in [0.29, 0.717) is 12.8 Å². The summed E-state index contributed by atoms with van der Waals surface area (Å²) in [4.78, 5) is 22.0. The van der Waals surface area contributed by atoms with Crippen LogP contribution in [-0.2, 0) is 9.59 Å². The van der Waals surface area contributed by atoms with Crippen molar-refractivity contribution >= 4 is 12.1 Å². The molecule has 0 unspecified atom stereocenters. The Morgan fingerprint density at radius 2 is 1.86 bits per heavy atom. The quantitative estimate of drug-likeness (QED) is 0.665. The molecule has 0 bridgehead atoms. The van der Waals surface area contributed by atoms with Crippen molar-refractivity contribution in [3.8, 4) is 0 Å². The third kappa shape index (κ3) is 1.60. The topological polar surface area (TPSA) is 34.1 Å². The standard InChI is InChI=1S/C12H12O2/c13-8-10-6-11(14)7-12(10)9-4-2-1-3-5-9/h1-5,8,10,12H,6-7H2/t10-,12-/m1/s1. The van der Waals surface area contributed by atoms with Crippen molar-refractivity contribution in [2.24, 2.45) is 5.92 Å². The number of aldehydes is 1. The van der Waals surface area contributed by atoms with Gasteiger partial charge in [0.25, 0.3) is 0 Å². The molecular formula is C12H12O2. The number of rotatable bonds is 2. The van der Waals surface area contributed by atoms with Gasteiger partial charge in [-0.25, -0.2) is 0 Å². The lowest BCUT2D eigenvalue weighted by Gasteiger charge is -2.12. The predicted molar refractivity (Wildman–Crippen MR) is 53.0 cm³/mol. The minimum atomic E-state index is -0.107. The number of hydrogen-bond acceptors (Lipinski definition) is 2. The Labute approximate surface area is 82.9 Å². The summed E-state index contributed by atoms with van der Waals surface area (Å²) in [6, 6.07) is 9.80. The molecule has 2 nitrogen and oxygen atoms in total. The zero-order valence-electron chi connectivity index (χ0n) is 7.85. The summed E-state index contributed by atoms with van der Waals surface area (Å²) >= 11 is 0. The van der Waals surface area contributed by atoms with Crippen LogP contribution in [0.1, 0.15) is 24.3 Å². The van der Waals surface area contributed by atoms with Crippen LogP contribution in [0.5, 0.6) is 0 Å². The molecule has 72 valence electrons. The second kappa shape index (κ2) is 3.74. The molecule has 2 heteroatoms. The highest BCUT2D eigenvalue weighted by atomic mass is 16.1. The van der Waals surface area contributed by atoms with E-state index in [1.165, 1.54) is 0 Å². The molecule has 1 aliphatic carbocycles. The fourth-order valence-corrected chi connectivity index (χ4v) is 2.09. The molecule has 0 amide bonds. The first-order chi connectivity index (χ1) is 6.81. The highest BCUT2D eigenvalue weighted by Crippen LogP contribution is 2.36. The zero-order valence-corrected chi connectivity index (χ0v) is 7.85. The fourth-order valence-electron chi connectivity index (χ4n) is 2.09. The second-order valence-corrected chi connectivity index (χ2v) is 3.76. The highest BCUT2D eigenvalue weighted by Gasteiger charge is 2.33. The summed E-state index contributed by atoms with van der Waals surface area (Å²) in [5.41, 5.74) is 1.11. The van der Waals surface area contributed by atoms with Gasteiger partial charge in [0.05, 0.1) is 0 Å². The third-order valence-corrected chi connectivity index (χ3v) is 2.83. The molecule has 1 aromatic rings. The Hall–Kier alpha value is -1.44. The van der Waals surface area contributed by atoms with Gasteiger partial charge >= 0.3 is 0 Å². The molecule has 0 heterocycles. The van der Waals surface area contributed by atoms with Crippen LogP contribution >= 0.6 is 0 Å². The van der Waals surface area contributed by atoms with Crippen LogP contribution in [0.25, 0.3) is 0 Å². The monoisotopic (exact) mass is 188 g/mol. The number of carbonyl (C=O) groups is 2.